The second-order valence-corrected chi connectivity index (χ2v) is 4.85. The Morgan fingerprint density at radius 1 is 1.35 bits per heavy atom. The minimum Gasteiger partial charge on any atom is -0.316 e. The van der Waals surface area contributed by atoms with E-state index in [1.165, 1.54) is 11.1 Å². The first-order chi connectivity index (χ1) is 8.13. The highest BCUT2D eigenvalue weighted by Gasteiger charge is 2.25. The van der Waals surface area contributed by atoms with Gasteiger partial charge in [-0.2, -0.15) is 0 Å². The van der Waals surface area contributed by atoms with E-state index in [1.807, 2.05) is 11.9 Å². The molecule has 0 bridgehead atoms. The maximum atomic E-state index is 11.9. The first-order valence-electron chi connectivity index (χ1n) is 6.22. The number of carbonyl (C=O) groups is 1. The van der Waals surface area contributed by atoms with Gasteiger partial charge in [0.2, 0.25) is 5.91 Å². The summed E-state index contributed by atoms with van der Waals surface area (Å²) in [5, 5.41) is 3.15. The fraction of sp³-hybridized carbons (Fsp3) is 0.500. The van der Waals surface area contributed by atoms with E-state index in [-0.39, 0.29) is 11.9 Å². The predicted octanol–water partition coefficient (Wildman–Crippen LogP) is 2.09. The van der Waals surface area contributed by atoms with Crippen LogP contribution in [0.15, 0.2) is 18.2 Å². The summed E-state index contributed by atoms with van der Waals surface area (Å²) in [5.41, 5.74) is 3.67. The van der Waals surface area contributed by atoms with Gasteiger partial charge in [-0.05, 0) is 44.5 Å². The fourth-order valence-corrected chi connectivity index (χ4v) is 2.45. The first kappa shape index (κ1) is 12.1. The quantitative estimate of drug-likeness (QED) is 0.865. The molecule has 92 valence electrons. The Bertz CT molecular complexity index is 426. The van der Waals surface area contributed by atoms with Crippen LogP contribution in [0.2, 0.25) is 0 Å². The minimum atomic E-state index is 0.233. The highest BCUT2D eigenvalue weighted by atomic mass is 16.2. The Kier molecular flexibility index (Phi) is 3.48. The van der Waals surface area contributed by atoms with Gasteiger partial charge in [-0.1, -0.05) is 12.1 Å². The van der Waals surface area contributed by atoms with Gasteiger partial charge in [0.25, 0.3) is 0 Å². The van der Waals surface area contributed by atoms with E-state index in [0.29, 0.717) is 6.42 Å². The molecule has 0 aliphatic carbocycles. The van der Waals surface area contributed by atoms with E-state index in [1.54, 1.807) is 0 Å². The SMILES string of the molecule is CNCc1ccc2c(c1)CCC(=O)N2C(C)C. The van der Waals surface area contributed by atoms with Gasteiger partial charge >= 0.3 is 0 Å². The molecular weight excluding hydrogens is 212 g/mol. The van der Waals surface area contributed by atoms with Crippen molar-refractivity contribution in [2.45, 2.75) is 39.3 Å². The van der Waals surface area contributed by atoms with Crippen molar-refractivity contribution in [2.24, 2.45) is 0 Å². The van der Waals surface area contributed by atoms with Crippen LogP contribution in [0.25, 0.3) is 0 Å². The molecule has 0 fully saturated rings. The molecule has 17 heavy (non-hydrogen) atoms. The minimum absolute atomic E-state index is 0.233. The summed E-state index contributed by atoms with van der Waals surface area (Å²) in [7, 11) is 1.95. The van der Waals surface area contributed by atoms with E-state index >= 15 is 0 Å². The van der Waals surface area contributed by atoms with Crippen LogP contribution in [0, 0.1) is 0 Å². The molecule has 1 amide bonds. The lowest BCUT2D eigenvalue weighted by Crippen LogP contribution is -2.40. The van der Waals surface area contributed by atoms with Crippen LogP contribution in [0.3, 0.4) is 0 Å². The second kappa shape index (κ2) is 4.88. The van der Waals surface area contributed by atoms with E-state index < -0.39 is 0 Å². The van der Waals surface area contributed by atoms with Crippen molar-refractivity contribution in [2.75, 3.05) is 11.9 Å². The Balaban J connectivity index is 2.37. The number of hydrogen-bond acceptors (Lipinski definition) is 2. The van der Waals surface area contributed by atoms with Gasteiger partial charge in [0.05, 0.1) is 0 Å². The van der Waals surface area contributed by atoms with Gasteiger partial charge in [-0.25, -0.2) is 0 Å². The second-order valence-electron chi connectivity index (χ2n) is 4.85. The summed E-state index contributed by atoms with van der Waals surface area (Å²) in [5.74, 6) is 0.244. The predicted molar refractivity (Wildman–Crippen MR) is 70.1 cm³/mol. The van der Waals surface area contributed by atoms with Crippen molar-refractivity contribution < 1.29 is 4.79 Å². The van der Waals surface area contributed by atoms with Crippen LogP contribution < -0.4 is 10.2 Å². The number of benzene rings is 1. The van der Waals surface area contributed by atoms with E-state index in [9.17, 15) is 4.79 Å². The van der Waals surface area contributed by atoms with Gasteiger partial charge in [-0.15, -0.1) is 0 Å². The third kappa shape index (κ3) is 2.34. The molecule has 0 spiro atoms. The number of amides is 1. The monoisotopic (exact) mass is 232 g/mol. The molecule has 1 aromatic carbocycles. The highest BCUT2D eigenvalue weighted by molar-refractivity contribution is 5.96. The van der Waals surface area contributed by atoms with Gasteiger partial charge in [-0.3, -0.25) is 4.79 Å². The van der Waals surface area contributed by atoms with Crippen LogP contribution in [-0.4, -0.2) is 19.0 Å². The standard InChI is InChI=1S/C14H20N2O/c1-10(2)16-13-6-4-11(9-15-3)8-12(13)5-7-14(16)17/h4,6,8,10,15H,5,7,9H2,1-3H3. The fourth-order valence-electron chi connectivity index (χ4n) is 2.45. The number of rotatable bonds is 3. The molecule has 1 aliphatic rings. The van der Waals surface area contributed by atoms with Crippen molar-refractivity contribution in [1.29, 1.82) is 0 Å². The number of aryl methyl sites for hydroxylation is 1. The molecule has 0 radical (unpaired) electrons. The Morgan fingerprint density at radius 3 is 2.76 bits per heavy atom. The van der Waals surface area contributed by atoms with Crippen LogP contribution >= 0.6 is 0 Å². The third-order valence-corrected chi connectivity index (χ3v) is 3.18. The topological polar surface area (TPSA) is 32.3 Å². The Hall–Kier alpha value is -1.35. The lowest BCUT2D eigenvalue weighted by molar-refractivity contribution is -0.119. The summed E-state index contributed by atoms with van der Waals surface area (Å²) < 4.78 is 0. The van der Waals surface area contributed by atoms with Crippen LogP contribution in [0.4, 0.5) is 5.69 Å². The molecule has 1 aliphatic heterocycles. The van der Waals surface area contributed by atoms with Crippen molar-refractivity contribution in [3.8, 4) is 0 Å². The molecule has 0 saturated carbocycles. The largest absolute Gasteiger partial charge is 0.316 e. The van der Waals surface area contributed by atoms with Gasteiger partial charge in [0.15, 0.2) is 0 Å². The molecule has 1 aromatic rings. The number of hydrogen-bond donors (Lipinski definition) is 1. The zero-order chi connectivity index (χ0) is 12.4. The van der Waals surface area contributed by atoms with Crippen molar-refractivity contribution in [3.63, 3.8) is 0 Å². The Morgan fingerprint density at radius 2 is 2.12 bits per heavy atom. The molecule has 0 atom stereocenters. The van der Waals surface area contributed by atoms with E-state index in [0.717, 1.165) is 18.7 Å². The molecule has 2 rings (SSSR count). The number of nitrogens with one attached hydrogen (secondary N) is 1. The molecule has 0 unspecified atom stereocenters. The zero-order valence-electron chi connectivity index (χ0n) is 10.8. The summed E-state index contributed by atoms with van der Waals surface area (Å²) in [6.45, 7) is 5.01. The van der Waals surface area contributed by atoms with Crippen LogP contribution in [0.1, 0.15) is 31.4 Å². The maximum absolute atomic E-state index is 11.9. The number of fused-ring (bicyclic) bond motifs is 1. The lowest BCUT2D eigenvalue weighted by atomic mass is 9.97. The first-order valence-corrected chi connectivity index (χ1v) is 6.22. The third-order valence-electron chi connectivity index (χ3n) is 3.18. The number of carbonyl (C=O) groups excluding carboxylic acids is 1. The van der Waals surface area contributed by atoms with E-state index in [2.05, 4.69) is 37.4 Å². The smallest absolute Gasteiger partial charge is 0.227 e. The van der Waals surface area contributed by atoms with E-state index in [4.69, 9.17) is 0 Å². The maximum Gasteiger partial charge on any atom is 0.227 e. The summed E-state index contributed by atoms with van der Waals surface area (Å²) in [6, 6.07) is 6.63. The molecule has 0 saturated heterocycles. The molecule has 3 nitrogen and oxygen atoms in total. The molecule has 1 N–H and O–H groups in total. The van der Waals surface area contributed by atoms with Crippen LogP contribution in [0.5, 0.6) is 0 Å². The average molecular weight is 232 g/mol. The van der Waals surface area contributed by atoms with Crippen LogP contribution in [-0.2, 0) is 17.8 Å². The summed E-state index contributed by atoms with van der Waals surface area (Å²) >= 11 is 0. The molecular formula is C14H20N2O. The number of nitrogens with zero attached hydrogens (tertiary/aromatic N) is 1. The van der Waals surface area contributed by atoms with Gasteiger partial charge in [0, 0.05) is 24.7 Å². The normalized spacial score (nSPS) is 15.3. The summed E-state index contributed by atoms with van der Waals surface area (Å²) in [6.07, 6.45) is 1.50. The van der Waals surface area contributed by atoms with Gasteiger partial charge in [0.1, 0.15) is 0 Å². The highest BCUT2D eigenvalue weighted by Crippen LogP contribution is 2.30. The molecule has 3 heteroatoms. The molecule has 1 heterocycles. The Labute approximate surface area is 103 Å². The van der Waals surface area contributed by atoms with Crippen molar-refractivity contribution >= 4 is 11.6 Å². The zero-order valence-corrected chi connectivity index (χ0v) is 10.8. The van der Waals surface area contributed by atoms with Crippen molar-refractivity contribution in [1.82, 2.24) is 5.32 Å². The average Bonchev–Trinajstić information content (AvgIpc) is 2.29. The summed E-state index contributed by atoms with van der Waals surface area (Å²) in [4.78, 5) is 13.8. The molecule has 0 aromatic heterocycles. The van der Waals surface area contributed by atoms with Crippen molar-refractivity contribution in [3.05, 3.63) is 29.3 Å². The van der Waals surface area contributed by atoms with Gasteiger partial charge < -0.3 is 10.2 Å². The number of anilines is 1. The lowest BCUT2D eigenvalue weighted by Gasteiger charge is -2.33.